The average molecular weight is 310 g/mol. The van der Waals surface area contributed by atoms with Crippen LogP contribution in [0.15, 0.2) is 6.20 Å². The summed E-state index contributed by atoms with van der Waals surface area (Å²) in [7, 11) is 0. The summed E-state index contributed by atoms with van der Waals surface area (Å²) in [5.41, 5.74) is -0.855. The average Bonchev–Trinajstić information content (AvgIpc) is 2.78. The Morgan fingerprint density at radius 3 is 2.95 bits per heavy atom. The second-order valence-electron chi connectivity index (χ2n) is 4.96. The van der Waals surface area contributed by atoms with Crippen molar-refractivity contribution in [3.63, 3.8) is 0 Å². The number of aromatic nitrogens is 2. The van der Waals surface area contributed by atoms with Crippen LogP contribution in [-0.2, 0) is 23.9 Å². The van der Waals surface area contributed by atoms with Crippen LogP contribution >= 0.6 is 11.6 Å². The van der Waals surface area contributed by atoms with Crippen molar-refractivity contribution in [2.24, 2.45) is 5.92 Å². The summed E-state index contributed by atoms with van der Waals surface area (Å²) in [5, 5.41) is 2.08. The molecule has 0 aromatic carbocycles. The first-order chi connectivity index (χ1) is 9.27. The highest BCUT2D eigenvalue weighted by Gasteiger charge is 2.35. The smallest absolute Gasteiger partial charge is 0.354 e. The predicted octanol–water partition coefficient (Wildman–Crippen LogP) is 2.21. The molecule has 0 saturated carbocycles. The Labute approximate surface area is 119 Å². The summed E-state index contributed by atoms with van der Waals surface area (Å²) >= 11 is 5.63. The maximum absolute atomic E-state index is 12.6. The molecule has 0 bridgehead atoms. The number of hydrogen-bond donors (Lipinski definition) is 1. The van der Waals surface area contributed by atoms with Gasteiger partial charge in [-0.05, 0) is 19.3 Å². The van der Waals surface area contributed by atoms with Gasteiger partial charge in [0, 0.05) is 25.7 Å². The zero-order valence-electron chi connectivity index (χ0n) is 10.9. The van der Waals surface area contributed by atoms with Crippen LogP contribution in [0.4, 0.5) is 13.2 Å². The van der Waals surface area contributed by atoms with Crippen molar-refractivity contribution in [1.29, 1.82) is 0 Å². The SMILES string of the molecule is CC(Cl)C(=O)NCC1CCc2nc(C(F)(F)F)cn2C1. The van der Waals surface area contributed by atoms with Crippen LogP contribution in [0, 0.1) is 5.92 Å². The molecule has 2 unspecified atom stereocenters. The minimum Gasteiger partial charge on any atom is -0.354 e. The fraction of sp³-hybridized carbons (Fsp3) is 0.667. The molecule has 0 spiro atoms. The molecule has 1 N–H and O–H groups in total. The maximum Gasteiger partial charge on any atom is 0.434 e. The lowest BCUT2D eigenvalue weighted by Gasteiger charge is -2.24. The van der Waals surface area contributed by atoms with Gasteiger partial charge in [-0.3, -0.25) is 4.79 Å². The van der Waals surface area contributed by atoms with E-state index in [9.17, 15) is 18.0 Å². The van der Waals surface area contributed by atoms with E-state index in [0.29, 0.717) is 31.8 Å². The molecule has 2 atom stereocenters. The van der Waals surface area contributed by atoms with Crippen LogP contribution in [0.25, 0.3) is 0 Å². The summed E-state index contributed by atoms with van der Waals surface area (Å²) < 4.78 is 39.2. The van der Waals surface area contributed by atoms with Crippen LogP contribution in [0.1, 0.15) is 24.9 Å². The van der Waals surface area contributed by atoms with Gasteiger partial charge in [-0.25, -0.2) is 4.98 Å². The number of amides is 1. The Balaban J connectivity index is 1.97. The van der Waals surface area contributed by atoms with Crippen molar-refractivity contribution < 1.29 is 18.0 Å². The highest BCUT2D eigenvalue weighted by molar-refractivity contribution is 6.30. The molecule has 1 aliphatic rings. The number of nitrogens with one attached hydrogen (secondary N) is 1. The van der Waals surface area contributed by atoms with Gasteiger partial charge >= 0.3 is 6.18 Å². The highest BCUT2D eigenvalue weighted by Crippen LogP contribution is 2.30. The first kappa shape index (κ1) is 15.2. The van der Waals surface area contributed by atoms with Crippen LogP contribution in [0.5, 0.6) is 0 Å². The fourth-order valence-electron chi connectivity index (χ4n) is 2.20. The van der Waals surface area contributed by atoms with E-state index in [-0.39, 0.29) is 11.8 Å². The number of alkyl halides is 4. The third kappa shape index (κ3) is 3.45. The highest BCUT2D eigenvalue weighted by atomic mass is 35.5. The quantitative estimate of drug-likeness (QED) is 0.870. The molecule has 4 nitrogen and oxygen atoms in total. The van der Waals surface area contributed by atoms with E-state index in [1.807, 2.05) is 0 Å². The zero-order valence-corrected chi connectivity index (χ0v) is 11.6. The van der Waals surface area contributed by atoms with E-state index in [1.165, 1.54) is 4.57 Å². The number of hydrogen-bond acceptors (Lipinski definition) is 2. The second kappa shape index (κ2) is 5.63. The summed E-state index contributed by atoms with van der Waals surface area (Å²) in [5.74, 6) is 0.279. The third-order valence-electron chi connectivity index (χ3n) is 3.31. The number of rotatable bonds is 3. The molecule has 20 heavy (non-hydrogen) atoms. The van der Waals surface area contributed by atoms with Gasteiger partial charge in [0.1, 0.15) is 11.2 Å². The van der Waals surface area contributed by atoms with Gasteiger partial charge in [0.15, 0.2) is 5.69 Å². The topological polar surface area (TPSA) is 46.9 Å². The summed E-state index contributed by atoms with van der Waals surface area (Å²) in [6.07, 6.45) is -2.20. The standard InChI is InChI=1S/C12H15ClF3N3O/c1-7(13)11(20)17-4-8-2-3-10-18-9(12(14,15)16)6-19(10)5-8/h6-8H,2-5H2,1H3,(H,17,20). The first-order valence-electron chi connectivity index (χ1n) is 6.32. The van der Waals surface area contributed by atoms with E-state index >= 15 is 0 Å². The number of imidazole rings is 1. The van der Waals surface area contributed by atoms with Gasteiger partial charge in [-0.1, -0.05) is 0 Å². The largest absolute Gasteiger partial charge is 0.434 e. The molecule has 0 radical (unpaired) electrons. The van der Waals surface area contributed by atoms with E-state index in [0.717, 1.165) is 6.20 Å². The van der Waals surface area contributed by atoms with E-state index in [4.69, 9.17) is 11.6 Å². The van der Waals surface area contributed by atoms with Crippen LogP contribution in [0.3, 0.4) is 0 Å². The van der Waals surface area contributed by atoms with Crippen molar-refractivity contribution in [3.05, 3.63) is 17.7 Å². The van der Waals surface area contributed by atoms with Crippen molar-refractivity contribution in [3.8, 4) is 0 Å². The Bertz CT molecular complexity index is 499. The van der Waals surface area contributed by atoms with Crippen molar-refractivity contribution in [2.45, 2.75) is 37.9 Å². The number of halogens is 4. The Hall–Kier alpha value is -1.24. The molecule has 2 heterocycles. The van der Waals surface area contributed by atoms with Gasteiger partial charge < -0.3 is 9.88 Å². The number of fused-ring (bicyclic) bond motifs is 1. The molecule has 2 rings (SSSR count). The molecular formula is C12H15ClF3N3O. The molecule has 112 valence electrons. The van der Waals surface area contributed by atoms with Gasteiger partial charge in [0.05, 0.1) is 0 Å². The lowest BCUT2D eigenvalue weighted by Crippen LogP contribution is -2.36. The van der Waals surface area contributed by atoms with Gasteiger partial charge in [0.2, 0.25) is 5.91 Å². The van der Waals surface area contributed by atoms with Gasteiger partial charge in [-0.2, -0.15) is 13.2 Å². The lowest BCUT2D eigenvalue weighted by molar-refractivity contribution is -0.141. The molecular weight excluding hydrogens is 295 g/mol. The van der Waals surface area contributed by atoms with Crippen molar-refractivity contribution >= 4 is 17.5 Å². The van der Waals surface area contributed by atoms with Crippen LogP contribution in [-0.4, -0.2) is 27.4 Å². The van der Waals surface area contributed by atoms with Gasteiger partial charge in [-0.15, -0.1) is 11.6 Å². The van der Waals surface area contributed by atoms with E-state index in [1.54, 1.807) is 6.92 Å². The van der Waals surface area contributed by atoms with Crippen molar-refractivity contribution in [1.82, 2.24) is 14.9 Å². The molecule has 1 aliphatic heterocycles. The number of aryl methyl sites for hydroxylation is 1. The predicted molar refractivity (Wildman–Crippen MR) is 67.4 cm³/mol. The lowest BCUT2D eigenvalue weighted by atomic mass is 9.99. The minimum absolute atomic E-state index is 0.0946. The maximum atomic E-state index is 12.6. The Kier molecular flexibility index (Phi) is 4.27. The second-order valence-corrected chi connectivity index (χ2v) is 5.61. The molecule has 0 aliphatic carbocycles. The minimum atomic E-state index is -4.41. The normalized spacial score (nSPS) is 20.4. The molecule has 1 aromatic heterocycles. The first-order valence-corrected chi connectivity index (χ1v) is 6.76. The third-order valence-corrected chi connectivity index (χ3v) is 3.51. The number of carbonyl (C=O) groups is 1. The van der Waals surface area contributed by atoms with E-state index in [2.05, 4.69) is 10.3 Å². The van der Waals surface area contributed by atoms with E-state index < -0.39 is 17.2 Å². The molecule has 1 aromatic rings. The Morgan fingerprint density at radius 1 is 1.65 bits per heavy atom. The summed E-state index contributed by atoms with van der Waals surface area (Å²) in [6, 6.07) is 0. The van der Waals surface area contributed by atoms with Crippen LogP contribution in [0.2, 0.25) is 0 Å². The fourth-order valence-corrected chi connectivity index (χ4v) is 2.28. The molecule has 0 saturated heterocycles. The monoisotopic (exact) mass is 309 g/mol. The Morgan fingerprint density at radius 2 is 2.35 bits per heavy atom. The summed E-state index contributed by atoms with van der Waals surface area (Å²) in [6.45, 7) is 2.41. The number of carbonyl (C=O) groups excluding carboxylic acids is 1. The van der Waals surface area contributed by atoms with Crippen molar-refractivity contribution in [2.75, 3.05) is 6.54 Å². The molecule has 1 amide bonds. The summed E-state index contributed by atoms with van der Waals surface area (Å²) in [4.78, 5) is 15.0. The molecule has 0 fully saturated rings. The molecule has 8 heteroatoms. The zero-order chi connectivity index (χ0) is 14.9. The van der Waals surface area contributed by atoms with Crippen LogP contribution < -0.4 is 5.32 Å². The number of nitrogens with zero attached hydrogens (tertiary/aromatic N) is 2. The van der Waals surface area contributed by atoms with Gasteiger partial charge in [0.25, 0.3) is 0 Å².